The molecule has 3 amide bonds. The van der Waals surface area contributed by atoms with E-state index in [2.05, 4.69) is 16.0 Å². The Balaban J connectivity index is 1.51. The third kappa shape index (κ3) is 4.00. The lowest BCUT2D eigenvalue weighted by Gasteiger charge is -2.18. The Morgan fingerprint density at radius 2 is 1.78 bits per heavy atom. The third-order valence-corrected chi connectivity index (χ3v) is 3.43. The van der Waals surface area contributed by atoms with Crippen LogP contribution in [-0.4, -0.2) is 18.5 Å². The molecule has 118 valence electrons. The molecule has 0 aliphatic carbocycles. The van der Waals surface area contributed by atoms with Gasteiger partial charge in [0.05, 0.1) is 5.69 Å². The van der Waals surface area contributed by atoms with Gasteiger partial charge in [0.1, 0.15) is 5.75 Å². The van der Waals surface area contributed by atoms with E-state index in [0.717, 1.165) is 11.1 Å². The van der Waals surface area contributed by atoms with E-state index < -0.39 is 0 Å². The molecule has 3 rings (SSSR count). The van der Waals surface area contributed by atoms with Gasteiger partial charge in [0.2, 0.25) is 0 Å². The molecule has 0 saturated heterocycles. The number of fused-ring (bicyclic) bond motifs is 1. The molecule has 0 saturated carbocycles. The van der Waals surface area contributed by atoms with Crippen molar-refractivity contribution in [3.8, 4) is 5.75 Å². The minimum Gasteiger partial charge on any atom is -0.482 e. The van der Waals surface area contributed by atoms with Crippen LogP contribution >= 0.6 is 0 Å². The van der Waals surface area contributed by atoms with Gasteiger partial charge in [-0.05, 0) is 23.3 Å². The van der Waals surface area contributed by atoms with Crippen molar-refractivity contribution in [1.82, 2.24) is 10.6 Å². The molecule has 1 aliphatic heterocycles. The van der Waals surface area contributed by atoms with Crippen LogP contribution in [0.15, 0.2) is 48.5 Å². The van der Waals surface area contributed by atoms with Crippen LogP contribution in [0, 0.1) is 0 Å². The molecule has 0 spiro atoms. The zero-order valence-electron chi connectivity index (χ0n) is 12.5. The first-order chi connectivity index (χ1) is 11.2. The highest BCUT2D eigenvalue weighted by Gasteiger charge is 2.15. The normalized spacial score (nSPS) is 12.6. The molecule has 0 unspecified atom stereocenters. The van der Waals surface area contributed by atoms with Crippen molar-refractivity contribution in [3.05, 3.63) is 59.7 Å². The molecule has 1 heterocycles. The molecule has 0 fully saturated rings. The number of ether oxygens (including phenoxy) is 1. The Morgan fingerprint density at radius 1 is 1.04 bits per heavy atom. The number of hydrogen-bond donors (Lipinski definition) is 3. The molecule has 0 radical (unpaired) electrons. The van der Waals surface area contributed by atoms with E-state index in [1.54, 1.807) is 12.1 Å². The molecular formula is C17H17N3O3. The van der Waals surface area contributed by atoms with Gasteiger partial charge in [0.15, 0.2) is 6.61 Å². The van der Waals surface area contributed by atoms with E-state index in [0.29, 0.717) is 24.5 Å². The summed E-state index contributed by atoms with van der Waals surface area (Å²) in [5, 5.41) is 8.32. The van der Waals surface area contributed by atoms with Crippen LogP contribution in [0.5, 0.6) is 5.75 Å². The van der Waals surface area contributed by atoms with Gasteiger partial charge in [-0.1, -0.05) is 36.4 Å². The molecule has 6 heteroatoms. The maximum absolute atomic E-state index is 11.8. The average molecular weight is 311 g/mol. The lowest BCUT2D eigenvalue weighted by atomic mass is 10.1. The number of amides is 3. The van der Waals surface area contributed by atoms with Crippen molar-refractivity contribution in [3.63, 3.8) is 0 Å². The van der Waals surface area contributed by atoms with E-state index in [9.17, 15) is 9.59 Å². The fourth-order valence-electron chi connectivity index (χ4n) is 2.26. The quantitative estimate of drug-likeness (QED) is 0.808. The summed E-state index contributed by atoms with van der Waals surface area (Å²) in [6.45, 7) is 0.872. The first-order valence-corrected chi connectivity index (χ1v) is 7.32. The molecule has 2 aromatic rings. The Kier molecular flexibility index (Phi) is 4.42. The maximum atomic E-state index is 11.8. The number of nitrogens with one attached hydrogen (secondary N) is 3. The first-order valence-electron chi connectivity index (χ1n) is 7.32. The highest BCUT2D eigenvalue weighted by molar-refractivity contribution is 5.95. The number of anilines is 1. The molecular weight excluding hydrogens is 294 g/mol. The first kappa shape index (κ1) is 14.9. The van der Waals surface area contributed by atoms with Crippen molar-refractivity contribution in [2.45, 2.75) is 13.1 Å². The second kappa shape index (κ2) is 6.83. The van der Waals surface area contributed by atoms with Crippen molar-refractivity contribution < 1.29 is 14.3 Å². The van der Waals surface area contributed by atoms with Crippen LogP contribution in [0.1, 0.15) is 11.1 Å². The van der Waals surface area contributed by atoms with Crippen molar-refractivity contribution in [2.24, 2.45) is 0 Å². The van der Waals surface area contributed by atoms with Crippen LogP contribution in [0.4, 0.5) is 10.5 Å². The standard InChI is InChI=1S/C17H17N3O3/c21-16-11-23-15-7-6-13(8-14(15)20-16)10-19-17(22)18-9-12-4-2-1-3-5-12/h1-8H,9-11H2,(H,20,21)(H2,18,19,22). The average Bonchev–Trinajstić information content (AvgIpc) is 2.58. The Labute approximate surface area is 133 Å². The highest BCUT2D eigenvalue weighted by atomic mass is 16.5. The summed E-state index contributed by atoms with van der Waals surface area (Å²) in [5.41, 5.74) is 2.55. The van der Waals surface area contributed by atoms with Crippen molar-refractivity contribution in [1.29, 1.82) is 0 Å². The lowest BCUT2D eigenvalue weighted by Crippen LogP contribution is -2.34. The molecule has 3 N–H and O–H groups in total. The second-order valence-corrected chi connectivity index (χ2v) is 5.19. The van der Waals surface area contributed by atoms with Crippen LogP contribution in [0.3, 0.4) is 0 Å². The Morgan fingerprint density at radius 3 is 2.57 bits per heavy atom. The summed E-state index contributed by atoms with van der Waals surface area (Å²) >= 11 is 0. The molecule has 0 aromatic heterocycles. The molecule has 0 bridgehead atoms. The summed E-state index contributed by atoms with van der Waals surface area (Å²) in [6.07, 6.45) is 0. The minimum absolute atomic E-state index is 0.0342. The van der Waals surface area contributed by atoms with Crippen LogP contribution in [-0.2, 0) is 17.9 Å². The van der Waals surface area contributed by atoms with E-state index in [4.69, 9.17) is 4.74 Å². The van der Waals surface area contributed by atoms with Gasteiger partial charge >= 0.3 is 6.03 Å². The van der Waals surface area contributed by atoms with E-state index in [-0.39, 0.29) is 18.5 Å². The van der Waals surface area contributed by atoms with E-state index >= 15 is 0 Å². The van der Waals surface area contributed by atoms with Crippen LogP contribution < -0.4 is 20.7 Å². The van der Waals surface area contributed by atoms with Gasteiger partial charge in [-0.3, -0.25) is 4.79 Å². The summed E-state index contributed by atoms with van der Waals surface area (Å²) in [4.78, 5) is 23.1. The fraction of sp³-hybridized carbons (Fsp3) is 0.176. The molecule has 6 nitrogen and oxygen atoms in total. The monoisotopic (exact) mass is 311 g/mol. The molecule has 1 aliphatic rings. The highest BCUT2D eigenvalue weighted by Crippen LogP contribution is 2.28. The molecule has 0 atom stereocenters. The van der Waals surface area contributed by atoms with Gasteiger partial charge in [-0.2, -0.15) is 0 Å². The topological polar surface area (TPSA) is 79.5 Å². The van der Waals surface area contributed by atoms with Crippen LogP contribution in [0.25, 0.3) is 0 Å². The summed E-state index contributed by atoms with van der Waals surface area (Å²) in [5.74, 6) is 0.463. The summed E-state index contributed by atoms with van der Waals surface area (Å²) in [7, 11) is 0. The number of rotatable bonds is 4. The van der Waals surface area contributed by atoms with Crippen LogP contribution in [0.2, 0.25) is 0 Å². The molecule has 23 heavy (non-hydrogen) atoms. The number of hydrogen-bond acceptors (Lipinski definition) is 3. The van der Waals surface area contributed by atoms with E-state index in [1.807, 2.05) is 36.4 Å². The molecule has 2 aromatic carbocycles. The Bertz CT molecular complexity index is 716. The minimum atomic E-state index is -0.244. The number of carbonyl (C=O) groups is 2. The number of urea groups is 1. The number of carbonyl (C=O) groups excluding carboxylic acids is 2. The fourth-order valence-corrected chi connectivity index (χ4v) is 2.26. The third-order valence-electron chi connectivity index (χ3n) is 3.43. The predicted octanol–water partition coefficient (Wildman–Crippen LogP) is 2.02. The zero-order chi connectivity index (χ0) is 16.1. The van der Waals surface area contributed by atoms with Gasteiger partial charge in [-0.25, -0.2) is 4.79 Å². The lowest BCUT2D eigenvalue weighted by molar-refractivity contribution is -0.118. The zero-order valence-corrected chi connectivity index (χ0v) is 12.5. The number of benzene rings is 2. The van der Waals surface area contributed by atoms with E-state index in [1.165, 1.54) is 0 Å². The van der Waals surface area contributed by atoms with Gasteiger partial charge < -0.3 is 20.7 Å². The Hall–Kier alpha value is -3.02. The maximum Gasteiger partial charge on any atom is 0.315 e. The van der Waals surface area contributed by atoms with Gasteiger partial charge in [0.25, 0.3) is 5.91 Å². The second-order valence-electron chi connectivity index (χ2n) is 5.19. The largest absolute Gasteiger partial charge is 0.482 e. The SMILES string of the molecule is O=C1COc2ccc(CNC(=O)NCc3ccccc3)cc2N1. The summed E-state index contributed by atoms with van der Waals surface area (Å²) in [6, 6.07) is 14.9. The van der Waals surface area contributed by atoms with Gasteiger partial charge in [-0.15, -0.1) is 0 Å². The van der Waals surface area contributed by atoms with Gasteiger partial charge in [0, 0.05) is 13.1 Å². The van der Waals surface area contributed by atoms with Crippen molar-refractivity contribution in [2.75, 3.05) is 11.9 Å². The predicted molar refractivity (Wildman–Crippen MR) is 86.1 cm³/mol. The van der Waals surface area contributed by atoms with Crippen molar-refractivity contribution >= 4 is 17.6 Å². The summed E-state index contributed by atoms with van der Waals surface area (Å²) < 4.78 is 5.29. The smallest absolute Gasteiger partial charge is 0.315 e.